The molecule has 1 heterocycles. The van der Waals surface area contributed by atoms with Gasteiger partial charge in [-0.3, -0.25) is 14.9 Å². The van der Waals surface area contributed by atoms with Crippen LogP contribution in [0.25, 0.3) is 0 Å². The van der Waals surface area contributed by atoms with Crippen molar-refractivity contribution in [2.75, 3.05) is 5.88 Å². The number of aromatic amines is 1. The summed E-state index contributed by atoms with van der Waals surface area (Å²) in [4.78, 5) is 24.4. The molecule has 4 nitrogen and oxygen atoms in total. The Morgan fingerprint density at radius 3 is 2.83 bits per heavy atom. The van der Waals surface area contributed by atoms with Crippen molar-refractivity contribution in [2.45, 2.75) is 0 Å². The second-order valence-corrected chi connectivity index (χ2v) is 2.36. The topological polar surface area (TPSA) is 62.0 Å². The summed E-state index contributed by atoms with van der Waals surface area (Å²) in [6.07, 6.45) is 1.60. The highest BCUT2D eigenvalue weighted by Gasteiger charge is 2.08. The average molecular weight is 187 g/mol. The van der Waals surface area contributed by atoms with Gasteiger partial charge in [-0.05, 0) is 12.1 Å². The van der Waals surface area contributed by atoms with Crippen LogP contribution >= 0.6 is 11.6 Å². The van der Waals surface area contributed by atoms with E-state index in [1.807, 2.05) is 0 Å². The van der Waals surface area contributed by atoms with Crippen LogP contribution in [-0.4, -0.2) is 22.7 Å². The van der Waals surface area contributed by atoms with Crippen molar-refractivity contribution in [3.8, 4) is 0 Å². The zero-order chi connectivity index (χ0) is 8.97. The average Bonchev–Trinajstić information content (AvgIpc) is 2.56. The van der Waals surface area contributed by atoms with Crippen molar-refractivity contribution in [3.05, 3.63) is 24.0 Å². The van der Waals surface area contributed by atoms with E-state index in [9.17, 15) is 9.59 Å². The van der Waals surface area contributed by atoms with E-state index in [0.29, 0.717) is 5.69 Å². The highest BCUT2D eigenvalue weighted by atomic mass is 35.5. The molecule has 0 unspecified atom stereocenters. The Balaban J connectivity index is 2.56. The van der Waals surface area contributed by atoms with Gasteiger partial charge in [-0.2, -0.15) is 0 Å². The Labute approximate surface area is 73.9 Å². The summed E-state index contributed by atoms with van der Waals surface area (Å²) >= 11 is 5.18. The van der Waals surface area contributed by atoms with Crippen LogP contribution < -0.4 is 5.32 Å². The maximum absolute atomic E-state index is 11.1. The lowest BCUT2D eigenvalue weighted by atomic mass is 10.4. The van der Waals surface area contributed by atoms with Crippen LogP contribution in [0.15, 0.2) is 18.3 Å². The molecule has 0 aromatic carbocycles. The van der Waals surface area contributed by atoms with E-state index in [2.05, 4.69) is 10.3 Å². The Morgan fingerprint density at radius 2 is 2.33 bits per heavy atom. The van der Waals surface area contributed by atoms with Crippen LogP contribution in [-0.2, 0) is 4.79 Å². The lowest BCUT2D eigenvalue weighted by Gasteiger charge is -1.97. The molecule has 0 bridgehead atoms. The molecular formula is C7H7ClN2O2. The summed E-state index contributed by atoms with van der Waals surface area (Å²) in [5.41, 5.74) is 0.341. The number of hydrogen-bond donors (Lipinski definition) is 2. The molecule has 0 radical (unpaired) electrons. The van der Waals surface area contributed by atoms with Crippen LogP contribution in [0, 0.1) is 0 Å². The van der Waals surface area contributed by atoms with E-state index in [1.54, 1.807) is 18.3 Å². The number of H-pyrrole nitrogens is 1. The van der Waals surface area contributed by atoms with Gasteiger partial charge in [0.2, 0.25) is 5.91 Å². The zero-order valence-electron chi connectivity index (χ0n) is 6.13. The lowest BCUT2D eigenvalue weighted by molar-refractivity contribution is -0.117. The molecule has 0 saturated heterocycles. The minimum Gasteiger partial charge on any atom is -0.357 e. The zero-order valence-corrected chi connectivity index (χ0v) is 6.89. The molecule has 0 atom stereocenters. The quantitative estimate of drug-likeness (QED) is 0.662. The Hall–Kier alpha value is -1.29. The molecule has 64 valence electrons. The van der Waals surface area contributed by atoms with Gasteiger partial charge in [-0.25, -0.2) is 0 Å². The van der Waals surface area contributed by atoms with Crippen molar-refractivity contribution >= 4 is 23.4 Å². The Kier molecular flexibility index (Phi) is 2.88. The smallest absolute Gasteiger partial charge is 0.274 e. The first-order valence-corrected chi connectivity index (χ1v) is 3.81. The first kappa shape index (κ1) is 8.80. The molecule has 12 heavy (non-hydrogen) atoms. The third-order valence-electron chi connectivity index (χ3n) is 1.22. The van der Waals surface area contributed by atoms with Gasteiger partial charge in [0.05, 0.1) is 0 Å². The summed E-state index contributed by atoms with van der Waals surface area (Å²) in [7, 11) is 0. The minimum atomic E-state index is -0.503. The molecule has 1 aromatic rings. The summed E-state index contributed by atoms with van der Waals surface area (Å²) in [5, 5.41) is 2.09. The van der Waals surface area contributed by atoms with E-state index in [0.717, 1.165) is 0 Å². The van der Waals surface area contributed by atoms with Crippen LogP contribution in [0.5, 0.6) is 0 Å². The molecular weight excluding hydrogens is 180 g/mol. The summed E-state index contributed by atoms with van der Waals surface area (Å²) < 4.78 is 0. The van der Waals surface area contributed by atoms with E-state index in [4.69, 9.17) is 11.6 Å². The Morgan fingerprint density at radius 1 is 1.58 bits per heavy atom. The van der Waals surface area contributed by atoms with Gasteiger partial charge in [-0.15, -0.1) is 11.6 Å². The fraction of sp³-hybridized carbons (Fsp3) is 0.143. The standard InChI is InChI=1S/C7H7ClN2O2/c8-4-6(11)10-7(12)5-2-1-3-9-5/h1-3,9H,4H2,(H,10,11,12). The van der Waals surface area contributed by atoms with E-state index >= 15 is 0 Å². The van der Waals surface area contributed by atoms with Crippen molar-refractivity contribution in [1.82, 2.24) is 10.3 Å². The SMILES string of the molecule is O=C(CCl)NC(=O)c1ccc[nH]1. The van der Waals surface area contributed by atoms with Crippen molar-refractivity contribution in [3.63, 3.8) is 0 Å². The number of aromatic nitrogens is 1. The number of carbonyl (C=O) groups is 2. The number of halogens is 1. The van der Waals surface area contributed by atoms with Gasteiger partial charge < -0.3 is 4.98 Å². The minimum absolute atomic E-state index is 0.216. The predicted molar refractivity (Wildman–Crippen MR) is 44.0 cm³/mol. The first-order valence-electron chi connectivity index (χ1n) is 3.27. The van der Waals surface area contributed by atoms with Gasteiger partial charge in [0.25, 0.3) is 5.91 Å². The fourth-order valence-electron chi connectivity index (χ4n) is 0.699. The van der Waals surface area contributed by atoms with Crippen LogP contribution in [0.3, 0.4) is 0 Å². The lowest BCUT2D eigenvalue weighted by Crippen LogP contribution is -2.31. The molecule has 2 amide bonds. The van der Waals surface area contributed by atoms with Crippen LogP contribution in [0.2, 0.25) is 0 Å². The number of alkyl halides is 1. The largest absolute Gasteiger partial charge is 0.357 e. The molecule has 0 saturated carbocycles. The molecule has 0 aliphatic heterocycles. The van der Waals surface area contributed by atoms with E-state index in [1.165, 1.54) is 0 Å². The summed E-state index contributed by atoms with van der Waals surface area (Å²) in [6, 6.07) is 3.23. The molecule has 2 N–H and O–H groups in total. The van der Waals surface area contributed by atoms with Gasteiger partial charge in [0, 0.05) is 6.20 Å². The summed E-state index contributed by atoms with van der Waals surface area (Å²) in [6.45, 7) is 0. The number of hydrogen-bond acceptors (Lipinski definition) is 2. The molecule has 0 aliphatic rings. The number of rotatable bonds is 2. The maximum Gasteiger partial charge on any atom is 0.274 e. The van der Waals surface area contributed by atoms with Crippen molar-refractivity contribution < 1.29 is 9.59 Å². The normalized spacial score (nSPS) is 9.42. The number of imide groups is 1. The van der Waals surface area contributed by atoms with Crippen LogP contribution in [0.1, 0.15) is 10.5 Å². The van der Waals surface area contributed by atoms with E-state index in [-0.39, 0.29) is 5.88 Å². The van der Waals surface area contributed by atoms with Gasteiger partial charge in [0.15, 0.2) is 0 Å². The number of nitrogens with one attached hydrogen (secondary N) is 2. The first-order chi connectivity index (χ1) is 5.74. The second kappa shape index (κ2) is 3.92. The third kappa shape index (κ3) is 2.10. The third-order valence-corrected chi connectivity index (χ3v) is 1.46. The van der Waals surface area contributed by atoms with Gasteiger partial charge in [-0.1, -0.05) is 0 Å². The fourth-order valence-corrected chi connectivity index (χ4v) is 0.766. The molecule has 0 aliphatic carbocycles. The monoisotopic (exact) mass is 186 g/mol. The molecule has 5 heteroatoms. The van der Waals surface area contributed by atoms with Crippen molar-refractivity contribution in [2.24, 2.45) is 0 Å². The highest BCUT2D eigenvalue weighted by Crippen LogP contribution is 1.93. The molecule has 0 fully saturated rings. The second-order valence-electron chi connectivity index (χ2n) is 2.09. The Bertz CT molecular complexity index is 282. The molecule has 1 rings (SSSR count). The summed E-state index contributed by atoms with van der Waals surface area (Å²) in [5.74, 6) is -1.19. The molecule has 1 aromatic heterocycles. The van der Waals surface area contributed by atoms with Crippen LogP contribution in [0.4, 0.5) is 0 Å². The predicted octanol–water partition coefficient (Wildman–Crippen LogP) is 0.510. The maximum atomic E-state index is 11.1. The van der Waals surface area contributed by atoms with Crippen molar-refractivity contribution in [1.29, 1.82) is 0 Å². The molecule has 0 spiro atoms. The van der Waals surface area contributed by atoms with Gasteiger partial charge >= 0.3 is 0 Å². The van der Waals surface area contributed by atoms with Gasteiger partial charge in [0.1, 0.15) is 11.6 Å². The highest BCUT2D eigenvalue weighted by molar-refractivity contribution is 6.28. The van der Waals surface area contributed by atoms with E-state index < -0.39 is 11.8 Å². The number of amides is 2. The number of carbonyl (C=O) groups excluding carboxylic acids is 2.